The van der Waals surface area contributed by atoms with E-state index in [0.29, 0.717) is 12.1 Å². The van der Waals surface area contributed by atoms with Crippen LogP contribution in [0.3, 0.4) is 0 Å². The summed E-state index contributed by atoms with van der Waals surface area (Å²) >= 11 is 0. The van der Waals surface area contributed by atoms with E-state index in [1.165, 1.54) is 12.1 Å². The summed E-state index contributed by atoms with van der Waals surface area (Å²) in [6.07, 6.45) is 1.62. The van der Waals surface area contributed by atoms with Crippen molar-refractivity contribution >= 4 is 31.5 Å². The van der Waals surface area contributed by atoms with Crippen molar-refractivity contribution in [3.63, 3.8) is 0 Å². The highest BCUT2D eigenvalue weighted by molar-refractivity contribution is 7.93. The van der Waals surface area contributed by atoms with Crippen LogP contribution in [0.1, 0.15) is 22.3 Å². The van der Waals surface area contributed by atoms with Gasteiger partial charge in [0.25, 0.3) is 10.0 Å². The third kappa shape index (κ3) is 6.49. The Morgan fingerprint density at radius 1 is 0.829 bits per heavy atom. The second-order valence-electron chi connectivity index (χ2n) is 8.56. The van der Waals surface area contributed by atoms with Crippen LogP contribution >= 0.6 is 0 Å². The largest absolute Gasteiger partial charge is 0.354 e. The van der Waals surface area contributed by atoms with Crippen LogP contribution in [-0.4, -0.2) is 42.1 Å². The fourth-order valence-electron chi connectivity index (χ4n) is 3.58. The Hall–Kier alpha value is -3.17. The van der Waals surface area contributed by atoms with Crippen LogP contribution in [0.2, 0.25) is 0 Å². The van der Waals surface area contributed by atoms with Gasteiger partial charge in [0, 0.05) is 12.8 Å². The summed E-state index contributed by atoms with van der Waals surface area (Å²) in [6, 6.07) is 18.4. The van der Waals surface area contributed by atoms with E-state index < -0.39 is 25.8 Å². The maximum atomic E-state index is 13.5. The first-order chi connectivity index (χ1) is 16.4. The Kier molecular flexibility index (Phi) is 8.02. The Labute approximate surface area is 207 Å². The maximum Gasteiger partial charge on any atom is 0.264 e. The Balaban J connectivity index is 1.78. The second-order valence-corrected chi connectivity index (χ2v) is 12.4. The van der Waals surface area contributed by atoms with Gasteiger partial charge < -0.3 is 5.32 Å². The molecule has 9 heteroatoms. The SMILES string of the molecule is Cc1ccc(S(=O)(=O)N(CC(=O)NCCc2ccc(S(C)(=O)=O)cc2)c2cccc(C)c2C)cc1. The van der Waals surface area contributed by atoms with Gasteiger partial charge in [-0.25, -0.2) is 16.8 Å². The van der Waals surface area contributed by atoms with E-state index in [2.05, 4.69) is 5.32 Å². The molecule has 3 rings (SSSR count). The predicted octanol–water partition coefficient (Wildman–Crippen LogP) is 3.57. The average Bonchev–Trinajstić information content (AvgIpc) is 2.79. The van der Waals surface area contributed by atoms with Gasteiger partial charge >= 0.3 is 0 Å². The lowest BCUT2D eigenvalue weighted by atomic mass is 10.1. The number of benzene rings is 3. The molecule has 186 valence electrons. The van der Waals surface area contributed by atoms with Crippen molar-refractivity contribution in [2.75, 3.05) is 23.7 Å². The molecule has 0 unspecified atom stereocenters. The van der Waals surface area contributed by atoms with Gasteiger partial charge in [0.2, 0.25) is 5.91 Å². The zero-order valence-electron chi connectivity index (χ0n) is 20.3. The van der Waals surface area contributed by atoms with Crippen LogP contribution in [0.5, 0.6) is 0 Å². The summed E-state index contributed by atoms with van der Waals surface area (Å²) in [7, 11) is -7.26. The number of hydrogen-bond acceptors (Lipinski definition) is 5. The predicted molar refractivity (Wildman–Crippen MR) is 138 cm³/mol. The molecule has 0 aromatic heterocycles. The zero-order valence-corrected chi connectivity index (χ0v) is 21.9. The van der Waals surface area contributed by atoms with Gasteiger partial charge in [0.15, 0.2) is 9.84 Å². The van der Waals surface area contributed by atoms with E-state index in [1.807, 2.05) is 26.8 Å². The van der Waals surface area contributed by atoms with E-state index in [4.69, 9.17) is 0 Å². The van der Waals surface area contributed by atoms with Crippen LogP contribution in [0.15, 0.2) is 76.5 Å². The van der Waals surface area contributed by atoms with Crippen molar-refractivity contribution in [1.82, 2.24) is 5.32 Å². The number of amides is 1. The van der Waals surface area contributed by atoms with Crippen molar-refractivity contribution in [3.8, 4) is 0 Å². The molecule has 0 saturated heterocycles. The molecule has 0 aliphatic heterocycles. The maximum absolute atomic E-state index is 13.5. The van der Waals surface area contributed by atoms with Gasteiger partial charge in [-0.2, -0.15) is 0 Å². The van der Waals surface area contributed by atoms with Crippen LogP contribution in [0.4, 0.5) is 5.69 Å². The van der Waals surface area contributed by atoms with Crippen molar-refractivity contribution in [3.05, 3.63) is 89.0 Å². The monoisotopic (exact) mass is 514 g/mol. The van der Waals surface area contributed by atoms with Gasteiger partial charge in [0.05, 0.1) is 15.5 Å². The van der Waals surface area contributed by atoms with Crippen LogP contribution in [0, 0.1) is 20.8 Å². The summed E-state index contributed by atoms with van der Waals surface area (Å²) in [4.78, 5) is 13.2. The molecule has 0 fully saturated rings. The molecule has 3 aromatic rings. The lowest BCUT2D eigenvalue weighted by molar-refractivity contribution is -0.119. The number of hydrogen-bond donors (Lipinski definition) is 1. The molecule has 3 aromatic carbocycles. The highest BCUT2D eigenvalue weighted by Crippen LogP contribution is 2.28. The average molecular weight is 515 g/mol. The van der Waals surface area contributed by atoms with Crippen LogP contribution in [-0.2, 0) is 31.1 Å². The molecule has 0 bridgehead atoms. The smallest absolute Gasteiger partial charge is 0.264 e. The summed E-state index contributed by atoms with van der Waals surface area (Å²) in [5.74, 6) is -0.436. The first-order valence-electron chi connectivity index (χ1n) is 11.1. The van der Waals surface area contributed by atoms with E-state index in [-0.39, 0.29) is 22.9 Å². The molecule has 0 saturated carbocycles. The number of rotatable bonds is 9. The molecular formula is C26H30N2O5S2. The minimum absolute atomic E-state index is 0.114. The summed E-state index contributed by atoms with van der Waals surface area (Å²) in [6.45, 7) is 5.52. The van der Waals surface area contributed by atoms with E-state index in [9.17, 15) is 21.6 Å². The third-order valence-electron chi connectivity index (χ3n) is 5.83. The molecule has 0 radical (unpaired) electrons. The van der Waals surface area contributed by atoms with E-state index in [1.54, 1.807) is 48.5 Å². The van der Waals surface area contributed by atoms with E-state index >= 15 is 0 Å². The number of sulfone groups is 1. The first kappa shape index (κ1) is 26.4. The highest BCUT2D eigenvalue weighted by atomic mass is 32.2. The Morgan fingerprint density at radius 2 is 1.43 bits per heavy atom. The van der Waals surface area contributed by atoms with Crippen molar-refractivity contribution in [1.29, 1.82) is 0 Å². The summed E-state index contributed by atoms with van der Waals surface area (Å²) in [5, 5.41) is 2.78. The molecule has 0 aliphatic carbocycles. The number of nitrogens with one attached hydrogen (secondary N) is 1. The molecule has 0 heterocycles. The Bertz CT molecular complexity index is 1410. The fourth-order valence-corrected chi connectivity index (χ4v) is 5.69. The topological polar surface area (TPSA) is 101 Å². The normalized spacial score (nSPS) is 11.8. The summed E-state index contributed by atoms with van der Waals surface area (Å²) < 4.78 is 51.4. The lowest BCUT2D eigenvalue weighted by Gasteiger charge is -2.26. The quantitative estimate of drug-likeness (QED) is 0.471. The summed E-state index contributed by atoms with van der Waals surface area (Å²) in [5.41, 5.74) is 3.95. The van der Waals surface area contributed by atoms with Gasteiger partial charge in [0.1, 0.15) is 6.54 Å². The van der Waals surface area contributed by atoms with Crippen molar-refractivity contribution in [2.24, 2.45) is 0 Å². The fraction of sp³-hybridized carbons (Fsp3) is 0.269. The molecular weight excluding hydrogens is 484 g/mol. The minimum Gasteiger partial charge on any atom is -0.354 e. The highest BCUT2D eigenvalue weighted by Gasteiger charge is 2.28. The third-order valence-corrected chi connectivity index (χ3v) is 8.73. The number of aryl methyl sites for hydroxylation is 2. The number of carbonyl (C=O) groups is 1. The molecule has 0 aliphatic rings. The van der Waals surface area contributed by atoms with Crippen molar-refractivity contribution < 1.29 is 21.6 Å². The number of sulfonamides is 1. The zero-order chi connectivity index (χ0) is 25.8. The molecule has 0 spiro atoms. The molecule has 1 amide bonds. The van der Waals surface area contributed by atoms with Gasteiger partial charge in [-0.15, -0.1) is 0 Å². The molecule has 0 atom stereocenters. The standard InChI is InChI=1S/C26H30N2O5S2/c1-19-8-12-24(13-9-19)35(32,33)28(25-7-5-6-20(2)21(25)3)18-26(29)27-17-16-22-10-14-23(15-11-22)34(4,30)31/h5-15H,16-18H2,1-4H3,(H,27,29). The number of carbonyl (C=O) groups excluding carboxylic acids is 1. The molecule has 1 N–H and O–H groups in total. The Morgan fingerprint density at radius 3 is 2.03 bits per heavy atom. The molecule has 35 heavy (non-hydrogen) atoms. The van der Waals surface area contributed by atoms with E-state index in [0.717, 1.165) is 32.8 Å². The van der Waals surface area contributed by atoms with Gasteiger partial charge in [-0.05, 0) is 74.2 Å². The van der Waals surface area contributed by atoms with Crippen LogP contribution in [0.25, 0.3) is 0 Å². The van der Waals surface area contributed by atoms with Crippen LogP contribution < -0.4 is 9.62 Å². The second kappa shape index (κ2) is 10.6. The number of nitrogens with zero attached hydrogens (tertiary/aromatic N) is 1. The van der Waals surface area contributed by atoms with Gasteiger partial charge in [-0.3, -0.25) is 9.10 Å². The first-order valence-corrected chi connectivity index (χ1v) is 14.4. The van der Waals surface area contributed by atoms with Crippen molar-refractivity contribution in [2.45, 2.75) is 37.0 Å². The number of anilines is 1. The minimum atomic E-state index is -3.99. The van der Waals surface area contributed by atoms with Gasteiger partial charge in [-0.1, -0.05) is 42.0 Å². The molecule has 7 nitrogen and oxygen atoms in total. The lowest BCUT2D eigenvalue weighted by Crippen LogP contribution is -2.41.